The number of anilines is 1. The lowest BCUT2D eigenvalue weighted by atomic mass is 10.0. The number of hydrogen-bond acceptors (Lipinski definition) is 6. The normalized spacial score (nSPS) is 18.5. The summed E-state index contributed by atoms with van der Waals surface area (Å²) in [5.74, 6) is -0.614. The molecule has 0 aromatic heterocycles. The number of nitrogens with zero attached hydrogens (tertiary/aromatic N) is 2. The topological polar surface area (TPSA) is 59.1 Å². The molecule has 3 aliphatic rings. The number of carbonyl (C=O) groups excluding carboxylic acids is 2. The molecule has 2 saturated heterocycles. The summed E-state index contributed by atoms with van der Waals surface area (Å²) in [5, 5.41) is 0. The van der Waals surface area contributed by atoms with E-state index in [-0.39, 0.29) is 11.8 Å². The van der Waals surface area contributed by atoms with Crippen LogP contribution in [0, 0.1) is 0 Å². The highest BCUT2D eigenvalue weighted by molar-refractivity contribution is 7.99. The summed E-state index contributed by atoms with van der Waals surface area (Å²) in [6.45, 7) is 2.82. The highest BCUT2D eigenvalue weighted by atomic mass is 32.2. The fraction of sp³-hybridized carbons (Fsp3) is 0.310. The van der Waals surface area contributed by atoms with Gasteiger partial charge >= 0.3 is 0 Å². The van der Waals surface area contributed by atoms with E-state index in [1.165, 1.54) is 4.90 Å². The number of carbonyl (C=O) groups is 2. The zero-order valence-corrected chi connectivity index (χ0v) is 22.3. The molecule has 190 valence electrons. The summed E-state index contributed by atoms with van der Waals surface area (Å²) >= 11 is 3.26. The van der Waals surface area contributed by atoms with Crippen LogP contribution in [0.5, 0.6) is 0 Å². The van der Waals surface area contributed by atoms with Crippen LogP contribution in [-0.4, -0.2) is 55.1 Å². The van der Waals surface area contributed by atoms with Crippen molar-refractivity contribution in [1.82, 2.24) is 4.90 Å². The van der Waals surface area contributed by atoms with Crippen molar-refractivity contribution in [3.8, 4) is 0 Å². The maximum atomic E-state index is 13.8. The molecule has 0 N–H and O–H groups in total. The molecule has 3 aromatic carbocycles. The van der Waals surface area contributed by atoms with Gasteiger partial charge in [0.05, 0.1) is 31.0 Å². The van der Waals surface area contributed by atoms with Crippen molar-refractivity contribution in [2.45, 2.75) is 39.9 Å². The van der Waals surface area contributed by atoms with Gasteiger partial charge in [-0.1, -0.05) is 36.0 Å². The molecule has 3 aliphatic heterocycles. The zero-order chi connectivity index (χ0) is 25.4. The first-order valence-corrected chi connectivity index (χ1v) is 14.5. The Hall–Kier alpha value is -2.78. The summed E-state index contributed by atoms with van der Waals surface area (Å²) in [7, 11) is 0. The number of amides is 2. The first kappa shape index (κ1) is 24.6. The molecule has 0 saturated carbocycles. The van der Waals surface area contributed by atoms with E-state index in [9.17, 15) is 9.59 Å². The Kier molecular flexibility index (Phi) is 6.75. The summed E-state index contributed by atoms with van der Waals surface area (Å²) in [4.78, 5) is 34.1. The van der Waals surface area contributed by atoms with Crippen LogP contribution in [0.3, 0.4) is 0 Å². The standard InChI is InChI=1S/C29H28N2O4S2/c1-36-22-9-6-20(7-10-22)19-31-24-18-21(27(32)30-14-12-29(13-15-30)34-16-17-35-29)8-11-26(24)37-25-5-3-2-4-23(25)28(31)33/h2-11,18H,12-17,19H2,1H3. The number of piperidine rings is 1. The molecule has 2 amide bonds. The SMILES string of the molecule is CSc1ccc(CN2C(=O)c3ccccc3Sc3ccc(C(=O)N4CCC5(CC4)OCCO5)cc32)cc1. The van der Waals surface area contributed by atoms with Gasteiger partial charge in [0.25, 0.3) is 11.8 Å². The third kappa shape index (κ3) is 4.79. The van der Waals surface area contributed by atoms with Crippen molar-refractivity contribution >= 4 is 41.0 Å². The lowest BCUT2D eigenvalue weighted by Gasteiger charge is -2.37. The molecular formula is C29H28N2O4S2. The smallest absolute Gasteiger partial charge is 0.259 e. The van der Waals surface area contributed by atoms with Crippen LogP contribution >= 0.6 is 23.5 Å². The highest BCUT2D eigenvalue weighted by Gasteiger charge is 2.41. The fourth-order valence-corrected chi connectivity index (χ4v) is 6.61. The molecule has 6 rings (SSSR count). The van der Waals surface area contributed by atoms with Crippen molar-refractivity contribution in [2.75, 3.05) is 37.5 Å². The van der Waals surface area contributed by atoms with E-state index in [0.29, 0.717) is 56.8 Å². The Balaban J connectivity index is 1.32. The van der Waals surface area contributed by atoms with E-state index in [2.05, 4.69) is 24.3 Å². The van der Waals surface area contributed by atoms with Gasteiger partial charge in [-0.25, -0.2) is 0 Å². The molecule has 0 aliphatic carbocycles. The van der Waals surface area contributed by atoms with Crippen molar-refractivity contribution in [3.63, 3.8) is 0 Å². The fourth-order valence-electron chi connectivity index (χ4n) is 5.14. The van der Waals surface area contributed by atoms with E-state index < -0.39 is 5.79 Å². The highest BCUT2D eigenvalue weighted by Crippen LogP contribution is 2.42. The number of ether oxygens (including phenoxy) is 2. The first-order valence-electron chi connectivity index (χ1n) is 12.5. The van der Waals surface area contributed by atoms with Gasteiger partial charge in [0.15, 0.2) is 5.79 Å². The molecule has 0 radical (unpaired) electrons. The molecule has 0 unspecified atom stereocenters. The van der Waals surface area contributed by atoms with Gasteiger partial charge in [0.2, 0.25) is 0 Å². The minimum Gasteiger partial charge on any atom is -0.347 e. The van der Waals surface area contributed by atoms with Gasteiger partial charge < -0.3 is 19.3 Å². The van der Waals surface area contributed by atoms with Crippen molar-refractivity contribution in [1.29, 1.82) is 0 Å². The van der Waals surface area contributed by atoms with Gasteiger partial charge in [-0.15, -0.1) is 11.8 Å². The van der Waals surface area contributed by atoms with Crippen molar-refractivity contribution in [2.24, 2.45) is 0 Å². The van der Waals surface area contributed by atoms with E-state index in [1.54, 1.807) is 23.5 Å². The van der Waals surface area contributed by atoms with Gasteiger partial charge in [-0.3, -0.25) is 9.59 Å². The molecule has 3 heterocycles. The minimum absolute atomic E-state index is 0.0286. The van der Waals surface area contributed by atoms with Crippen LogP contribution in [0.2, 0.25) is 0 Å². The van der Waals surface area contributed by atoms with Crippen molar-refractivity contribution < 1.29 is 19.1 Å². The molecule has 6 nitrogen and oxygen atoms in total. The molecular weight excluding hydrogens is 504 g/mol. The number of hydrogen-bond donors (Lipinski definition) is 0. The Morgan fingerprint density at radius 2 is 1.70 bits per heavy atom. The zero-order valence-electron chi connectivity index (χ0n) is 20.6. The lowest BCUT2D eigenvalue weighted by molar-refractivity contribution is -0.181. The van der Waals surface area contributed by atoms with Crippen LogP contribution < -0.4 is 4.90 Å². The largest absolute Gasteiger partial charge is 0.347 e. The minimum atomic E-state index is -0.526. The van der Waals surface area contributed by atoms with Crippen LogP contribution in [0.4, 0.5) is 5.69 Å². The second kappa shape index (κ2) is 10.2. The van der Waals surface area contributed by atoms with Gasteiger partial charge in [0, 0.05) is 46.2 Å². The van der Waals surface area contributed by atoms with Gasteiger partial charge in [-0.2, -0.15) is 0 Å². The molecule has 1 spiro atoms. The molecule has 37 heavy (non-hydrogen) atoms. The maximum Gasteiger partial charge on any atom is 0.259 e. The van der Waals surface area contributed by atoms with E-state index in [4.69, 9.17) is 9.47 Å². The molecule has 2 fully saturated rings. The Morgan fingerprint density at radius 1 is 0.973 bits per heavy atom. The lowest BCUT2D eigenvalue weighted by Crippen LogP contribution is -2.47. The second-order valence-corrected chi connectivity index (χ2v) is 11.4. The van der Waals surface area contributed by atoms with Crippen molar-refractivity contribution in [3.05, 3.63) is 83.4 Å². The Morgan fingerprint density at radius 3 is 2.43 bits per heavy atom. The molecule has 0 atom stereocenters. The quantitative estimate of drug-likeness (QED) is 0.402. The number of fused-ring (bicyclic) bond motifs is 2. The summed E-state index contributed by atoms with van der Waals surface area (Å²) in [6.07, 6.45) is 3.39. The first-order chi connectivity index (χ1) is 18.0. The van der Waals surface area contributed by atoms with E-state index >= 15 is 0 Å². The Labute approximate surface area is 225 Å². The van der Waals surface area contributed by atoms with Crippen LogP contribution in [0.25, 0.3) is 0 Å². The predicted octanol–water partition coefficient (Wildman–Crippen LogP) is 5.70. The molecule has 0 bridgehead atoms. The average molecular weight is 533 g/mol. The number of rotatable bonds is 4. The summed E-state index contributed by atoms with van der Waals surface area (Å²) in [6, 6.07) is 21.7. The molecule has 8 heteroatoms. The monoisotopic (exact) mass is 532 g/mol. The van der Waals surface area contributed by atoms with E-state index in [1.807, 2.05) is 58.5 Å². The maximum absolute atomic E-state index is 13.8. The molecule has 3 aromatic rings. The van der Waals surface area contributed by atoms with Gasteiger partial charge in [-0.05, 0) is 54.3 Å². The predicted molar refractivity (Wildman–Crippen MR) is 146 cm³/mol. The summed E-state index contributed by atoms with van der Waals surface area (Å²) in [5.41, 5.74) is 3.07. The average Bonchev–Trinajstić information content (AvgIpc) is 3.35. The van der Waals surface area contributed by atoms with Crippen LogP contribution in [0.15, 0.2) is 81.4 Å². The Bertz CT molecular complexity index is 1330. The number of benzene rings is 3. The van der Waals surface area contributed by atoms with Crippen LogP contribution in [-0.2, 0) is 16.0 Å². The third-order valence-electron chi connectivity index (χ3n) is 7.20. The summed E-state index contributed by atoms with van der Waals surface area (Å²) < 4.78 is 11.6. The van der Waals surface area contributed by atoms with E-state index in [0.717, 1.165) is 21.0 Å². The van der Waals surface area contributed by atoms with Crippen LogP contribution in [0.1, 0.15) is 39.1 Å². The number of likely N-dealkylation sites (tertiary alicyclic amines) is 1. The van der Waals surface area contributed by atoms with Gasteiger partial charge in [0.1, 0.15) is 0 Å². The number of thioether (sulfide) groups is 1. The second-order valence-electron chi connectivity index (χ2n) is 9.42. The third-order valence-corrected chi connectivity index (χ3v) is 9.09.